The van der Waals surface area contributed by atoms with Gasteiger partial charge in [0.25, 0.3) is 0 Å². The fourth-order valence-electron chi connectivity index (χ4n) is 1.97. The second kappa shape index (κ2) is 14.5. The van der Waals surface area contributed by atoms with Crippen molar-refractivity contribution in [2.75, 3.05) is 13.2 Å². The minimum Gasteiger partial charge on any atom is -0.396 e. The first-order valence-corrected chi connectivity index (χ1v) is 7.68. The predicted molar refractivity (Wildman–Crippen MR) is 76.6 cm³/mol. The topological polar surface area (TPSA) is 49.3 Å². The SMILES string of the molecule is CCCCCCCCCC(=O)NCCCCCO. The number of aliphatic hydroxyl groups is 1. The molecule has 3 heteroatoms. The van der Waals surface area contributed by atoms with Crippen LogP contribution in [0.3, 0.4) is 0 Å². The zero-order valence-corrected chi connectivity index (χ0v) is 12.0. The molecular weight excluding hydrogens is 226 g/mol. The van der Waals surface area contributed by atoms with Gasteiger partial charge in [-0.3, -0.25) is 4.79 Å². The van der Waals surface area contributed by atoms with E-state index in [2.05, 4.69) is 12.2 Å². The van der Waals surface area contributed by atoms with Crippen LogP contribution in [0.2, 0.25) is 0 Å². The van der Waals surface area contributed by atoms with Crippen LogP contribution >= 0.6 is 0 Å². The number of carbonyl (C=O) groups is 1. The van der Waals surface area contributed by atoms with Crippen LogP contribution in [-0.4, -0.2) is 24.2 Å². The van der Waals surface area contributed by atoms with Gasteiger partial charge in [0.15, 0.2) is 0 Å². The number of hydrogen-bond acceptors (Lipinski definition) is 2. The predicted octanol–water partition coefficient (Wildman–Crippen LogP) is 3.41. The molecule has 0 aromatic carbocycles. The number of aliphatic hydroxyl groups excluding tert-OH is 1. The molecule has 0 heterocycles. The molecule has 0 aliphatic carbocycles. The molecule has 0 saturated heterocycles. The van der Waals surface area contributed by atoms with Crippen molar-refractivity contribution in [3.8, 4) is 0 Å². The Kier molecular flexibility index (Phi) is 14.0. The lowest BCUT2D eigenvalue weighted by Gasteiger charge is -2.05. The zero-order chi connectivity index (χ0) is 13.5. The molecule has 18 heavy (non-hydrogen) atoms. The third kappa shape index (κ3) is 13.5. The molecular formula is C15H31NO2. The lowest BCUT2D eigenvalue weighted by atomic mass is 10.1. The summed E-state index contributed by atoms with van der Waals surface area (Å²) in [6.45, 7) is 3.24. The molecule has 0 rings (SSSR count). The smallest absolute Gasteiger partial charge is 0.219 e. The third-order valence-electron chi connectivity index (χ3n) is 3.16. The van der Waals surface area contributed by atoms with Gasteiger partial charge in [-0.15, -0.1) is 0 Å². The first-order valence-electron chi connectivity index (χ1n) is 7.68. The number of hydrogen-bond donors (Lipinski definition) is 2. The number of nitrogens with one attached hydrogen (secondary N) is 1. The summed E-state index contributed by atoms with van der Waals surface area (Å²) in [4.78, 5) is 11.5. The van der Waals surface area contributed by atoms with E-state index in [9.17, 15) is 4.79 Å². The molecule has 0 spiro atoms. The molecule has 0 aliphatic heterocycles. The van der Waals surface area contributed by atoms with E-state index in [1.54, 1.807) is 0 Å². The summed E-state index contributed by atoms with van der Waals surface area (Å²) >= 11 is 0. The number of amides is 1. The summed E-state index contributed by atoms with van der Waals surface area (Å²) in [6.07, 6.45) is 12.2. The Morgan fingerprint density at radius 2 is 1.50 bits per heavy atom. The van der Waals surface area contributed by atoms with Crippen LogP contribution in [0.25, 0.3) is 0 Å². The fourth-order valence-corrected chi connectivity index (χ4v) is 1.97. The maximum atomic E-state index is 11.5. The number of rotatable bonds is 13. The molecule has 0 unspecified atom stereocenters. The summed E-state index contributed by atoms with van der Waals surface area (Å²) in [6, 6.07) is 0. The van der Waals surface area contributed by atoms with Crippen LogP contribution in [0.15, 0.2) is 0 Å². The highest BCUT2D eigenvalue weighted by Crippen LogP contribution is 2.08. The molecule has 0 fully saturated rings. The molecule has 2 N–H and O–H groups in total. The molecule has 0 aliphatic rings. The lowest BCUT2D eigenvalue weighted by Crippen LogP contribution is -2.23. The molecule has 1 amide bonds. The molecule has 0 saturated carbocycles. The van der Waals surface area contributed by atoms with Gasteiger partial charge in [-0.25, -0.2) is 0 Å². The van der Waals surface area contributed by atoms with E-state index in [1.165, 1.54) is 38.5 Å². The van der Waals surface area contributed by atoms with Crippen molar-refractivity contribution in [1.29, 1.82) is 0 Å². The highest BCUT2D eigenvalue weighted by molar-refractivity contribution is 5.75. The van der Waals surface area contributed by atoms with E-state index in [0.717, 1.165) is 32.2 Å². The summed E-state index contributed by atoms with van der Waals surface area (Å²) in [7, 11) is 0. The molecule has 3 nitrogen and oxygen atoms in total. The van der Waals surface area contributed by atoms with Crippen LogP contribution < -0.4 is 5.32 Å². The van der Waals surface area contributed by atoms with Gasteiger partial charge in [0.1, 0.15) is 0 Å². The Morgan fingerprint density at radius 1 is 0.889 bits per heavy atom. The molecule has 0 bridgehead atoms. The van der Waals surface area contributed by atoms with Gasteiger partial charge in [0.2, 0.25) is 5.91 Å². The second-order valence-electron chi connectivity index (χ2n) is 5.01. The van der Waals surface area contributed by atoms with Crippen LogP contribution in [0.4, 0.5) is 0 Å². The Labute approximate surface area is 112 Å². The molecule has 0 radical (unpaired) electrons. The normalized spacial score (nSPS) is 10.6. The number of unbranched alkanes of at least 4 members (excludes halogenated alkanes) is 8. The van der Waals surface area contributed by atoms with E-state index in [1.807, 2.05) is 0 Å². The van der Waals surface area contributed by atoms with Gasteiger partial charge in [0.05, 0.1) is 0 Å². The summed E-state index contributed by atoms with van der Waals surface area (Å²) in [5.74, 6) is 0.188. The second-order valence-corrected chi connectivity index (χ2v) is 5.01. The molecule has 108 valence electrons. The minimum atomic E-state index is 0.188. The average Bonchev–Trinajstić information content (AvgIpc) is 2.37. The standard InChI is InChI=1S/C15H31NO2/c1-2-3-4-5-6-7-9-12-15(18)16-13-10-8-11-14-17/h17H,2-14H2,1H3,(H,16,18). The van der Waals surface area contributed by atoms with E-state index < -0.39 is 0 Å². The quantitative estimate of drug-likeness (QED) is 0.497. The Morgan fingerprint density at radius 3 is 2.17 bits per heavy atom. The van der Waals surface area contributed by atoms with Crippen molar-refractivity contribution < 1.29 is 9.90 Å². The van der Waals surface area contributed by atoms with Gasteiger partial charge >= 0.3 is 0 Å². The molecule has 0 aromatic heterocycles. The minimum absolute atomic E-state index is 0.188. The summed E-state index contributed by atoms with van der Waals surface area (Å²) in [5, 5.41) is 11.5. The van der Waals surface area contributed by atoms with E-state index in [-0.39, 0.29) is 12.5 Å². The average molecular weight is 257 g/mol. The first kappa shape index (κ1) is 17.4. The summed E-state index contributed by atoms with van der Waals surface area (Å²) in [5.41, 5.74) is 0. The van der Waals surface area contributed by atoms with Crippen molar-refractivity contribution in [3.05, 3.63) is 0 Å². The van der Waals surface area contributed by atoms with E-state index in [4.69, 9.17) is 5.11 Å². The third-order valence-corrected chi connectivity index (χ3v) is 3.16. The Balaban J connectivity index is 3.12. The highest BCUT2D eigenvalue weighted by Gasteiger charge is 2.00. The Hall–Kier alpha value is -0.570. The van der Waals surface area contributed by atoms with E-state index in [0.29, 0.717) is 6.42 Å². The largest absolute Gasteiger partial charge is 0.396 e. The maximum Gasteiger partial charge on any atom is 0.219 e. The molecule has 0 aromatic rings. The monoisotopic (exact) mass is 257 g/mol. The van der Waals surface area contributed by atoms with Crippen LogP contribution in [-0.2, 0) is 4.79 Å². The van der Waals surface area contributed by atoms with Crippen molar-refractivity contribution in [2.45, 2.75) is 77.6 Å². The van der Waals surface area contributed by atoms with Crippen LogP contribution in [0.5, 0.6) is 0 Å². The van der Waals surface area contributed by atoms with Gasteiger partial charge in [0, 0.05) is 19.6 Å². The first-order chi connectivity index (χ1) is 8.81. The summed E-state index contributed by atoms with van der Waals surface area (Å²) < 4.78 is 0. The fraction of sp³-hybridized carbons (Fsp3) is 0.933. The Bertz CT molecular complexity index is 183. The van der Waals surface area contributed by atoms with Gasteiger partial charge in [-0.05, 0) is 25.7 Å². The van der Waals surface area contributed by atoms with Crippen LogP contribution in [0.1, 0.15) is 77.6 Å². The van der Waals surface area contributed by atoms with Crippen molar-refractivity contribution in [1.82, 2.24) is 5.32 Å². The lowest BCUT2D eigenvalue weighted by molar-refractivity contribution is -0.121. The highest BCUT2D eigenvalue weighted by atomic mass is 16.2. The van der Waals surface area contributed by atoms with Crippen LogP contribution in [0, 0.1) is 0 Å². The van der Waals surface area contributed by atoms with Crippen molar-refractivity contribution in [2.24, 2.45) is 0 Å². The van der Waals surface area contributed by atoms with Gasteiger partial charge in [-0.2, -0.15) is 0 Å². The van der Waals surface area contributed by atoms with Crippen molar-refractivity contribution in [3.63, 3.8) is 0 Å². The maximum absolute atomic E-state index is 11.5. The van der Waals surface area contributed by atoms with Crippen molar-refractivity contribution >= 4 is 5.91 Å². The van der Waals surface area contributed by atoms with Gasteiger partial charge < -0.3 is 10.4 Å². The van der Waals surface area contributed by atoms with E-state index >= 15 is 0 Å². The molecule has 0 atom stereocenters. The zero-order valence-electron chi connectivity index (χ0n) is 12.0. The number of carbonyl (C=O) groups excluding carboxylic acids is 1. The van der Waals surface area contributed by atoms with Gasteiger partial charge in [-0.1, -0.05) is 45.4 Å².